The van der Waals surface area contributed by atoms with Gasteiger partial charge in [-0.15, -0.1) is 0 Å². The highest BCUT2D eigenvalue weighted by atomic mass is 19.1. The van der Waals surface area contributed by atoms with E-state index in [9.17, 15) is 23.9 Å². The van der Waals surface area contributed by atoms with Gasteiger partial charge in [-0.05, 0) is 92.9 Å². The summed E-state index contributed by atoms with van der Waals surface area (Å²) in [6.45, 7) is 6.90. The molecular formula is C34H31F2N5O6. The average molecular weight is 644 g/mol. The average Bonchev–Trinajstić information content (AvgIpc) is 3.69. The molecule has 1 aromatic heterocycles. The Labute approximate surface area is 268 Å². The molecule has 0 fully saturated rings. The van der Waals surface area contributed by atoms with Gasteiger partial charge in [-0.2, -0.15) is 4.98 Å². The molecule has 2 amide bonds. The lowest BCUT2D eigenvalue weighted by Crippen LogP contribution is -2.43. The number of halogens is 2. The maximum Gasteiger partial charge on any atom is 0.412 e. The molecule has 0 bridgehead atoms. The molecule has 11 nitrogen and oxygen atoms in total. The Kier molecular flexibility index (Phi) is 9.27. The van der Waals surface area contributed by atoms with E-state index in [1.807, 2.05) is 0 Å². The highest BCUT2D eigenvalue weighted by molar-refractivity contribution is 6.14. The number of aliphatic imine (C=N–C) groups is 1. The molecule has 2 atom stereocenters. The molecule has 3 aromatic carbocycles. The van der Waals surface area contributed by atoms with Crippen LogP contribution >= 0.6 is 0 Å². The van der Waals surface area contributed by atoms with Crippen LogP contribution in [0, 0.1) is 18.6 Å². The van der Waals surface area contributed by atoms with E-state index in [0.29, 0.717) is 27.9 Å². The highest BCUT2D eigenvalue weighted by Gasteiger charge is 2.26. The highest BCUT2D eigenvalue weighted by Crippen LogP contribution is 2.28. The number of carboxylic acids is 1. The van der Waals surface area contributed by atoms with Gasteiger partial charge in [-0.1, -0.05) is 23.4 Å². The van der Waals surface area contributed by atoms with E-state index in [4.69, 9.17) is 9.26 Å². The van der Waals surface area contributed by atoms with Crippen LogP contribution in [0.5, 0.6) is 0 Å². The molecule has 13 heteroatoms. The number of carbonyl (C=O) groups is 3. The number of carbonyl (C=O) groups excluding carboxylic acids is 2. The monoisotopic (exact) mass is 643 g/mol. The van der Waals surface area contributed by atoms with Crippen LogP contribution in [0.3, 0.4) is 0 Å². The third-order valence-electron chi connectivity index (χ3n) is 7.03. The van der Waals surface area contributed by atoms with Gasteiger partial charge in [0.05, 0.1) is 17.2 Å². The van der Waals surface area contributed by atoms with Crippen LogP contribution in [0.4, 0.5) is 19.3 Å². The third-order valence-corrected chi connectivity index (χ3v) is 7.03. The van der Waals surface area contributed by atoms with Crippen molar-refractivity contribution in [1.82, 2.24) is 15.5 Å². The Balaban J connectivity index is 1.22. The zero-order chi connectivity index (χ0) is 33.9. The van der Waals surface area contributed by atoms with E-state index < -0.39 is 47.3 Å². The third kappa shape index (κ3) is 8.12. The summed E-state index contributed by atoms with van der Waals surface area (Å²) < 4.78 is 39.7. The predicted octanol–water partition coefficient (Wildman–Crippen LogP) is 6.20. The van der Waals surface area contributed by atoms with E-state index in [-0.39, 0.29) is 29.3 Å². The Morgan fingerprint density at radius 2 is 1.77 bits per heavy atom. The van der Waals surface area contributed by atoms with Gasteiger partial charge in [0.15, 0.2) is 0 Å². The Hall–Kier alpha value is -5.72. The van der Waals surface area contributed by atoms with E-state index in [1.54, 1.807) is 64.1 Å². The Morgan fingerprint density at radius 3 is 2.43 bits per heavy atom. The van der Waals surface area contributed by atoms with E-state index in [0.717, 1.165) is 6.07 Å². The van der Waals surface area contributed by atoms with Gasteiger partial charge >= 0.3 is 12.1 Å². The molecule has 2 unspecified atom stereocenters. The first-order chi connectivity index (χ1) is 22.3. The summed E-state index contributed by atoms with van der Waals surface area (Å²) >= 11 is 0. The molecule has 1 aliphatic rings. The van der Waals surface area contributed by atoms with Crippen LogP contribution in [0.15, 0.2) is 81.8 Å². The largest absolute Gasteiger partial charge is 0.480 e. The van der Waals surface area contributed by atoms with Crippen molar-refractivity contribution in [2.75, 3.05) is 5.32 Å². The number of hydrogen-bond donors (Lipinski definition) is 3. The number of ether oxygens (including phenoxy) is 1. The second-order valence-electron chi connectivity index (χ2n) is 11.9. The molecule has 0 spiro atoms. The fourth-order valence-corrected chi connectivity index (χ4v) is 4.64. The van der Waals surface area contributed by atoms with Gasteiger partial charge in [0.1, 0.15) is 23.3 Å². The van der Waals surface area contributed by atoms with E-state index in [1.165, 1.54) is 30.5 Å². The maximum absolute atomic E-state index is 15.2. The summed E-state index contributed by atoms with van der Waals surface area (Å²) in [5.74, 6) is -3.03. The van der Waals surface area contributed by atoms with E-state index in [2.05, 4.69) is 25.8 Å². The van der Waals surface area contributed by atoms with Gasteiger partial charge in [-0.3, -0.25) is 15.1 Å². The number of amides is 2. The van der Waals surface area contributed by atoms with Crippen LogP contribution in [0.1, 0.15) is 43.5 Å². The zero-order valence-corrected chi connectivity index (χ0v) is 25.9. The van der Waals surface area contributed by atoms with Gasteiger partial charge in [0.2, 0.25) is 5.82 Å². The Bertz CT molecular complexity index is 1900. The van der Waals surface area contributed by atoms with Crippen molar-refractivity contribution in [3.63, 3.8) is 0 Å². The smallest absolute Gasteiger partial charge is 0.412 e. The summed E-state index contributed by atoms with van der Waals surface area (Å²) in [6.07, 6.45) is 2.00. The van der Waals surface area contributed by atoms with Crippen molar-refractivity contribution in [2.24, 2.45) is 4.99 Å². The number of nitrogens with zero attached hydrogens (tertiary/aromatic N) is 3. The molecule has 4 aromatic rings. The standard InChI is InChI=1S/C34H31F2N5O6/c1-18-5-7-21(15-25(18)35)27-16-22(17-37-27)30(42)39-28(32(43)44)14-19-6-12-24(26(36)13-19)29-40-31(47-41-29)20-8-10-23(11-9-20)38-33(45)46-34(2,3)4/h5-13,15-17,27-28H,14H2,1-4H3,(H,38,45)(H,39,42)(H,43,44). The van der Waals surface area contributed by atoms with Crippen molar-refractivity contribution < 1.29 is 37.5 Å². The lowest BCUT2D eigenvalue weighted by Gasteiger charge is -2.19. The molecular weight excluding hydrogens is 612 g/mol. The Morgan fingerprint density at radius 1 is 1.02 bits per heavy atom. The van der Waals surface area contributed by atoms with Crippen LogP contribution in [-0.2, 0) is 20.7 Å². The lowest BCUT2D eigenvalue weighted by atomic mass is 10.0. The molecule has 3 N–H and O–H groups in total. The van der Waals surface area contributed by atoms with Gasteiger partial charge in [0, 0.05) is 23.9 Å². The minimum atomic E-state index is -1.37. The van der Waals surface area contributed by atoms with Crippen LogP contribution < -0.4 is 10.6 Å². The van der Waals surface area contributed by atoms with Gasteiger partial charge in [-0.25, -0.2) is 18.4 Å². The minimum Gasteiger partial charge on any atom is -0.480 e. The van der Waals surface area contributed by atoms with Gasteiger partial charge < -0.3 is 19.7 Å². The fourth-order valence-electron chi connectivity index (χ4n) is 4.64. The SMILES string of the molecule is Cc1ccc(C2C=C(C(=O)NC(Cc3ccc(-c4noc(-c5ccc(NC(=O)OC(C)(C)C)cc5)n4)c(F)c3)C(=O)O)C=N2)cc1F. The zero-order valence-electron chi connectivity index (χ0n) is 25.9. The summed E-state index contributed by atoms with van der Waals surface area (Å²) in [5.41, 5.74) is 1.85. The molecule has 47 heavy (non-hydrogen) atoms. The van der Waals surface area contributed by atoms with Crippen molar-refractivity contribution in [1.29, 1.82) is 0 Å². The first-order valence-electron chi connectivity index (χ1n) is 14.5. The summed E-state index contributed by atoms with van der Waals surface area (Å²) in [7, 11) is 0. The molecule has 0 aliphatic carbocycles. The number of aromatic nitrogens is 2. The fraction of sp³-hybridized carbons (Fsp3) is 0.235. The summed E-state index contributed by atoms with van der Waals surface area (Å²) in [5, 5.41) is 18.7. The minimum absolute atomic E-state index is 0.0220. The number of aliphatic carboxylic acids is 1. The van der Waals surface area contributed by atoms with Gasteiger partial charge in [0.25, 0.3) is 11.8 Å². The van der Waals surface area contributed by atoms with Crippen LogP contribution in [0.2, 0.25) is 0 Å². The second kappa shape index (κ2) is 13.3. The molecule has 0 saturated carbocycles. The first kappa shape index (κ1) is 32.7. The maximum atomic E-state index is 15.2. The number of hydrogen-bond acceptors (Lipinski definition) is 8. The number of rotatable bonds is 9. The lowest BCUT2D eigenvalue weighted by molar-refractivity contribution is -0.141. The molecule has 0 radical (unpaired) electrons. The van der Waals surface area contributed by atoms with Crippen LogP contribution in [0.25, 0.3) is 22.8 Å². The number of benzene rings is 3. The number of aryl methyl sites for hydroxylation is 1. The molecule has 1 aliphatic heterocycles. The molecule has 242 valence electrons. The van der Waals surface area contributed by atoms with Crippen molar-refractivity contribution in [2.45, 2.75) is 51.8 Å². The molecule has 0 saturated heterocycles. The number of anilines is 1. The topological polar surface area (TPSA) is 156 Å². The van der Waals surface area contributed by atoms with Crippen molar-refractivity contribution in [3.8, 4) is 22.8 Å². The normalized spacial score (nSPS) is 14.8. The van der Waals surface area contributed by atoms with Crippen LogP contribution in [-0.4, -0.2) is 51.1 Å². The first-order valence-corrected chi connectivity index (χ1v) is 14.5. The summed E-state index contributed by atoms with van der Waals surface area (Å²) in [6, 6.07) is 13.3. The van der Waals surface area contributed by atoms with Crippen molar-refractivity contribution in [3.05, 3.63) is 101 Å². The molecule has 2 heterocycles. The molecule has 5 rings (SSSR count). The number of carboxylic acid groups (broad SMARTS) is 1. The number of nitrogens with one attached hydrogen (secondary N) is 2. The predicted molar refractivity (Wildman–Crippen MR) is 169 cm³/mol. The summed E-state index contributed by atoms with van der Waals surface area (Å²) in [4.78, 5) is 45.3. The van der Waals surface area contributed by atoms with Crippen molar-refractivity contribution >= 4 is 29.9 Å². The van der Waals surface area contributed by atoms with E-state index >= 15 is 4.39 Å². The second-order valence-corrected chi connectivity index (χ2v) is 11.9. The quantitative estimate of drug-likeness (QED) is 0.195.